The van der Waals surface area contributed by atoms with Crippen molar-refractivity contribution in [2.45, 2.75) is 23.8 Å². The first-order valence-corrected chi connectivity index (χ1v) is 12.6. The van der Waals surface area contributed by atoms with E-state index in [9.17, 15) is 18.3 Å². The number of anilines is 3. The molecule has 8 nitrogen and oxygen atoms in total. The number of nitrogens with zero attached hydrogens (tertiary/aromatic N) is 2. The molecule has 3 aromatic rings. The number of aliphatic hydroxyl groups excluding tert-OH is 1. The number of halogens is 1. The Labute approximate surface area is 194 Å². The molecule has 2 aromatic carbocycles. The van der Waals surface area contributed by atoms with E-state index in [1.807, 2.05) is 23.1 Å². The number of carbonyl (C=O) groups excluding carboxylic acids is 1. The maximum atomic E-state index is 13.0. The first kappa shape index (κ1) is 22.5. The van der Waals surface area contributed by atoms with Crippen molar-refractivity contribution in [3.63, 3.8) is 0 Å². The predicted octanol–water partition coefficient (Wildman–Crippen LogP) is 3.35. The molecule has 0 saturated carbocycles. The molecule has 1 amide bonds. The summed E-state index contributed by atoms with van der Waals surface area (Å²) in [5, 5.41) is 15.0. The second-order valence-electron chi connectivity index (χ2n) is 7.17. The summed E-state index contributed by atoms with van der Waals surface area (Å²) in [6.07, 6.45) is 2.49. The standard InChI is InChI=1S/C21H21ClN4O4S2/c22-17-2-1-3-18-16(17)8-11-26(18)19(9-12-27)20(28)24-14-4-6-15(7-5-14)32(29,30)25-21-23-10-13-31-21/h1-7,10,13,19,27H,8-9,11-12H2,(H,23,25)(H,24,28)/t19-/m0/s1. The van der Waals surface area contributed by atoms with Gasteiger partial charge >= 0.3 is 0 Å². The van der Waals surface area contributed by atoms with E-state index in [0.29, 0.717) is 17.3 Å². The number of hydrogen-bond acceptors (Lipinski definition) is 7. The van der Waals surface area contributed by atoms with Gasteiger partial charge in [0.2, 0.25) is 5.91 Å². The van der Waals surface area contributed by atoms with Crippen LogP contribution in [0.1, 0.15) is 12.0 Å². The third kappa shape index (κ3) is 4.73. The van der Waals surface area contributed by atoms with Crippen LogP contribution in [0.25, 0.3) is 0 Å². The zero-order chi connectivity index (χ0) is 22.7. The van der Waals surface area contributed by atoms with Crippen LogP contribution in [0.4, 0.5) is 16.5 Å². The molecule has 0 fully saturated rings. The number of rotatable bonds is 8. The maximum Gasteiger partial charge on any atom is 0.263 e. The van der Waals surface area contributed by atoms with Crippen molar-refractivity contribution >= 4 is 55.4 Å². The third-order valence-corrected chi connectivity index (χ3v) is 7.70. The molecule has 0 saturated heterocycles. The van der Waals surface area contributed by atoms with Crippen LogP contribution in [0.5, 0.6) is 0 Å². The Morgan fingerprint density at radius 2 is 2.03 bits per heavy atom. The predicted molar refractivity (Wildman–Crippen MR) is 126 cm³/mol. The van der Waals surface area contributed by atoms with Gasteiger partial charge in [-0.15, -0.1) is 11.3 Å². The van der Waals surface area contributed by atoms with Crippen LogP contribution in [0.15, 0.2) is 58.9 Å². The van der Waals surface area contributed by atoms with Crippen molar-refractivity contribution in [1.82, 2.24) is 4.98 Å². The number of sulfonamides is 1. The summed E-state index contributed by atoms with van der Waals surface area (Å²) in [6.45, 7) is 0.473. The van der Waals surface area contributed by atoms with Crippen molar-refractivity contribution in [1.29, 1.82) is 0 Å². The highest BCUT2D eigenvalue weighted by Crippen LogP contribution is 2.35. The summed E-state index contributed by atoms with van der Waals surface area (Å²) in [4.78, 5) is 19.0. The van der Waals surface area contributed by atoms with Gasteiger partial charge < -0.3 is 15.3 Å². The van der Waals surface area contributed by atoms with Gasteiger partial charge in [0.15, 0.2) is 5.13 Å². The lowest BCUT2D eigenvalue weighted by Gasteiger charge is -2.29. The Bertz CT molecular complexity index is 1200. The molecule has 2 heterocycles. The van der Waals surface area contributed by atoms with Crippen molar-refractivity contribution in [3.05, 3.63) is 64.6 Å². The van der Waals surface area contributed by atoms with Crippen LogP contribution < -0.4 is 14.9 Å². The first-order valence-electron chi connectivity index (χ1n) is 9.87. The number of aliphatic hydroxyl groups is 1. The quantitative estimate of drug-likeness (QED) is 0.444. The van der Waals surface area contributed by atoms with Crippen LogP contribution in [0.3, 0.4) is 0 Å². The van der Waals surface area contributed by atoms with Crippen LogP contribution in [-0.4, -0.2) is 43.6 Å². The molecule has 11 heteroatoms. The number of nitrogens with one attached hydrogen (secondary N) is 2. The molecule has 0 radical (unpaired) electrons. The van der Waals surface area contributed by atoms with Gasteiger partial charge in [-0.25, -0.2) is 13.4 Å². The Kier molecular flexibility index (Phi) is 6.66. The Morgan fingerprint density at radius 3 is 2.72 bits per heavy atom. The van der Waals surface area contributed by atoms with Crippen molar-refractivity contribution in [2.24, 2.45) is 0 Å². The highest BCUT2D eigenvalue weighted by atomic mass is 35.5. The van der Waals surface area contributed by atoms with E-state index in [2.05, 4.69) is 15.0 Å². The highest BCUT2D eigenvalue weighted by molar-refractivity contribution is 7.93. The number of hydrogen-bond donors (Lipinski definition) is 3. The smallest absolute Gasteiger partial charge is 0.263 e. The topological polar surface area (TPSA) is 112 Å². The lowest BCUT2D eigenvalue weighted by atomic mass is 10.1. The van der Waals surface area contributed by atoms with Gasteiger partial charge in [0.05, 0.1) is 4.90 Å². The van der Waals surface area contributed by atoms with Crippen LogP contribution in [0, 0.1) is 0 Å². The Balaban J connectivity index is 1.48. The third-order valence-electron chi connectivity index (χ3n) is 5.17. The fourth-order valence-electron chi connectivity index (χ4n) is 3.68. The normalized spacial score (nSPS) is 14.1. The number of fused-ring (bicyclic) bond motifs is 1. The summed E-state index contributed by atoms with van der Waals surface area (Å²) in [5.74, 6) is -0.289. The number of carbonyl (C=O) groups is 1. The molecule has 4 rings (SSSR count). The van der Waals surface area contributed by atoms with Gasteiger partial charge in [-0.05, 0) is 54.8 Å². The molecular formula is C21H21ClN4O4S2. The zero-order valence-electron chi connectivity index (χ0n) is 16.9. The van der Waals surface area contributed by atoms with Crippen molar-refractivity contribution in [2.75, 3.05) is 28.1 Å². The molecule has 0 spiro atoms. The lowest BCUT2D eigenvalue weighted by molar-refractivity contribution is -0.117. The highest BCUT2D eigenvalue weighted by Gasteiger charge is 2.31. The molecule has 3 N–H and O–H groups in total. The summed E-state index contributed by atoms with van der Waals surface area (Å²) >= 11 is 7.47. The molecule has 0 bridgehead atoms. The van der Waals surface area contributed by atoms with Gasteiger partial charge in [0.25, 0.3) is 10.0 Å². The monoisotopic (exact) mass is 492 g/mol. The molecule has 0 unspecified atom stereocenters. The van der Waals surface area contributed by atoms with E-state index >= 15 is 0 Å². The van der Waals surface area contributed by atoms with Crippen LogP contribution in [0.2, 0.25) is 5.02 Å². The van der Waals surface area contributed by atoms with Gasteiger partial charge in [0, 0.05) is 41.1 Å². The van der Waals surface area contributed by atoms with Crippen LogP contribution >= 0.6 is 22.9 Å². The average Bonchev–Trinajstić information content (AvgIpc) is 3.42. The van der Waals surface area contributed by atoms with Crippen molar-refractivity contribution < 1.29 is 18.3 Å². The van der Waals surface area contributed by atoms with E-state index in [1.54, 1.807) is 5.38 Å². The molecule has 1 aromatic heterocycles. The minimum atomic E-state index is -3.77. The Morgan fingerprint density at radius 1 is 1.25 bits per heavy atom. The summed E-state index contributed by atoms with van der Waals surface area (Å²) < 4.78 is 27.3. The molecule has 1 aliphatic heterocycles. The van der Waals surface area contributed by atoms with E-state index in [4.69, 9.17) is 11.6 Å². The summed E-state index contributed by atoms with van der Waals surface area (Å²) in [6, 6.07) is 10.9. The van der Waals surface area contributed by atoms with E-state index in [1.165, 1.54) is 41.8 Å². The molecule has 0 aliphatic carbocycles. The molecule has 32 heavy (non-hydrogen) atoms. The largest absolute Gasteiger partial charge is 0.396 e. The average molecular weight is 493 g/mol. The van der Waals surface area contributed by atoms with Gasteiger partial charge in [0.1, 0.15) is 6.04 Å². The van der Waals surface area contributed by atoms with E-state index < -0.39 is 16.1 Å². The second kappa shape index (κ2) is 9.45. The summed E-state index contributed by atoms with van der Waals surface area (Å²) in [7, 11) is -3.77. The maximum absolute atomic E-state index is 13.0. The number of aromatic nitrogens is 1. The number of benzene rings is 2. The number of amides is 1. The Hall–Kier alpha value is -2.66. The minimum Gasteiger partial charge on any atom is -0.396 e. The molecule has 1 atom stereocenters. The van der Waals surface area contributed by atoms with Crippen molar-refractivity contribution in [3.8, 4) is 0 Å². The van der Waals surface area contributed by atoms with E-state index in [0.717, 1.165) is 17.7 Å². The lowest BCUT2D eigenvalue weighted by Crippen LogP contribution is -2.44. The molecular weight excluding hydrogens is 472 g/mol. The van der Waals surface area contributed by atoms with Crippen LogP contribution in [-0.2, 0) is 21.2 Å². The van der Waals surface area contributed by atoms with Gasteiger partial charge in [-0.3, -0.25) is 9.52 Å². The van der Waals surface area contributed by atoms with E-state index in [-0.39, 0.29) is 29.0 Å². The number of thiazole rings is 1. The summed E-state index contributed by atoms with van der Waals surface area (Å²) in [5.41, 5.74) is 2.34. The first-order chi connectivity index (χ1) is 15.4. The molecule has 168 valence electrons. The molecule has 1 aliphatic rings. The zero-order valence-corrected chi connectivity index (χ0v) is 19.3. The SMILES string of the molecule is O=C(Nc1ccc(S(=O)(=O)Nc2nccs2)cc1)[C@H](CCO)N1CCc2c(Cl)cccc21. The fraction of sp³-hybridized carbons (Fsp3) is 0.238. The minimum absolute atomic E-state index is 0.0562. The second-order valence-corrected chi connectivity index (χ2v) is 10.1. The van der Waals surface area contributed by atoms with Gasteiger partial charge in [-0.2, -0.15) is 0 Å². The fourth-order valence-corrected chi connectivity index (χ4v) is 5.73. The van der Waals surface area contributed by atoms with Gasteiger partial charge in [-0.1, -0.05) is 17.7 Å².